The van der Waals surface area contributed by atoms with Gasteiger partial charge < -0.3 is 21.1 Å². The quantitative estimate of drug-likeness (QED) is 0.262. The van der Waals surface area contributed by atoms with Gasteiger partial charge in [-0.05, 0) is 18.8 Å². The van der Waals surface area contributed by atoms with Gasteiger partial charge in [-0.1, -0.05) is 6.92 Å². The van der Waals surface area contributed by atoms with Crippen molar-refractivity contribution in [2.24, 2.45) is 16.6 Å². The number of hydrogen-bond acceptors (Lipinski definition) is 5. The van der Waals surface area contributed by atoms with Gasteiger partial charge in [-0.15, -0.1) is 24.0 Å². The Labute approximate surface area is 174 Å². The molecule has 0 aromatic carbocycles. The maximum atomic E-state index is 11.0. The van der Waals surface area contributed by atoms with Gasteiger partial charge in [0.15, 0.2) is 5.96 Å². The fourth-order valence-corrected chi connectivity index (χ4v) is 3.40. The number of nitrogens with zero attached hydrogens (tertiary/aromatic N) is 3. The van der Waals surface area contributed by atoms with Gasteiger partial charge >= 0.3 is 0 Å². The van der Waals surface area contributed by atoms with Crippen molar-refractivity contribution in [1.82, 2.24) is 20.4 Å². The highest BCUT2D eigenvalue weighted by atomic mass is 127. The second kappa shape index (κ2) is 12.7. The summed E-state index contributed by atoms with van der Waals surface area (Å²) in [4.78, 5) is 19.9. The lowest BCUT2D eigenvalue weighted by atomic mass is 10.1. The van der Waals surface area contributed by atoms with Gasteiger partial charge in [-0.3, -0.25) is 19.6 Å². The molecule has 2 rings (SSSR count). The zero-order valence-corrected chi connectivity index (χ0v) is 18.4. The molecule has 0 saturated carbocycles. The molecule has 2 aliphatic heterocycles. The number of aliphatic imine (C=N–C) groups is 1. The first-order valence-electron chi connectivity index (χ1n) is 9.34. The van der Waals surface area contributed by atoms with E-state index in [0.29, 0.717) is 18.5 Å². The Kier molecular flexibility index (Phi) is 11.4. The molecule has 2 saturated heterocycles. The molecule has 1 atom stereocenters. The highest BCUT2D eigenvalue weighted by Gasteiger charge is 2.21. The van der Waals surface area contributed by atoms with Crippen molar-refractivity contribution in [3.05, 3.63) is 0 Å². The lowest BCUT2D eigenvalue weighted by Gasteiger charge is -2.32. The maximum Gasteiger partial charge on any atom is 0.231 e. The van der Waals surface area contributed by atoms with E-state index in [9.17, 15) is 4.79 Å². The number of likely N-dealkylation sites (tertiary alicyclic amines) is 1. The van der Waals surface area contributed by atoms with Crippen LogP contribution in [0.25, 0.3) is 0 Å². The highest BCUT2D eigenvalue weighted by Crippen LogP contribution is 2.09. The molecule has 0 aromatic rings. The van der Waals surface area contributed by atoms with E-state index in [0.717, 1.165) is 71.3 Å². The first-order valence-corrected chi connectivity index (χ1v) is 9.34. The number of nitrogens with two attached hydrogens (primary N) is 1. The lowest BCUT2D eigenvalue weighted by Crippen LogP contribution is -2.50. The third-order valence-corrected chi connectivity index (χ3v) is 4.82. The SMILES string of the molecule is CN=C(NCC(C)CN1CCOCC1)NC1CCN(CC(N)=O)CC1.I. The fraction of sp³-hybridized carbons (Fsp3) is 0.882. The zero-order valence-electron chi connectivity index (χ0n) is 16.1. The van der Waals surface area contributed by atoms with E-state index in [1.165, 1.54) is 0 Å². The summed E-state index contributed by atoms with van der Waals surface area (Å²) in [6, 6.07) is 0.393. The fourth-order valence-electron chi connectivity index (χ4n) is 3.40. The average Bonchev–Trinajstić information content (AvgIpc) is 2.60. The van der Waals surface area contributed by atoms with Crippen LogP contribution < -0.4 is 16.4 Å². The standard InChI is InChI=1S/C17H34N6O2.HI/c1-14(12-23-7-9-25-10-8-23)11-20-17(19-2)21-15-3-5-22(6-4-15)13-16(18)24;/h14-15H,3-13H2,1-2H3,(H2,18,24)(H2,19,20,21);1H. The summed E-state index contributed by atoms with van der Waals surface area (Å²) in [6.07, 6.45) is 1.99. The van der Waals surface area contributed by atoms with Crippen LogP contribution in [0.1, 0.15) is 19.8 Å². The Hall–Kier alpha value is -0.650. The number of halogens is 1. The second-order valence-corrected chi connectivity index (χ2v) is 7.13. The van der Waals surface area contributed by atoms with Crippen LogP contribution in [0.5, 0.6) is 0 Å². The summed E-state index contributed by atoms with van der Waals surface area (Å²) < 4.78 is 5.39. The predicted octanol–water partition coefficient (Wildman–Crippen LogP) is -0.313. The Morgan fingerprint density at radius 3 is 2.46 bits per heavy atom. The normalized spacial score (nSPS) is 21.7. The largest absolute Gasteiger partial charge is 0.379 e. The molecule has 9 heteroatoms. The van der Waals surface area contributed by atoms with Crippen molar-refractivity contribution < 1.29 is 9.53 Å². The summed E-state index contributed by atoms with van der Waals surface area (Å²) >= 11 is 0. The van der Waals surface area contributed by atoms with Crippen LogP contribution in [-0.2, 0) is 9.53 Å². The number of ether oxygens (including phenoxy) is 1. The smallest absolute Gasteiger partial charge is 0.231 e. The summed E-state index contributed by atoms with van der Waals surface area (Å²) in [6.45, 7) is 10.1. The van der Waals surface area contributed by atoms with Crippen molar-refractivity contribution in [2.45, 2.75) is 25.8 Å². The topological polar surface area (TPSA) is 95.2 Å². The Morgan fingerprint density at radius 2 is 1.88 bits per heavy atom. The van der Waals surface area contributed by atoms with Gasteiger partial charge in [0.05, 0.1) is 19.8 Å². The van der Waals surface area contributed by atoms with Gasteiger partial charge in [-0.2, -0.15) is 0 Å². The van der Waals surface area contributed by atoms with Crippen LogP contribution in [0.2, 0.25) is 0 Å². The van der Waals surface area contributed by atoms with Crippen molar-refractivity contribution in [3.8, 4) is 0 Å². The molecule has 26 heavy (non-hydrogen) atoms. The molecule has 1 unspecified atom stereocenters. The van der Waals surface area contributed by atoms with E-state index in [4.69, 9.17) is 10.5 Å². The molecule has 0 bridgehead atoms. The van der Waals surface area contributed by atoms with Crippen molar-refractivity contribution >= 4 is 35.8 Å². The van der Waals surface area contributed by atoms with Crippen LogP contribution in [0.4, 0.5) is 0 Å². The van der Waals surface area contributed by atoms with Gasteiger partial charge in [0.2, 0.25) is 5.91 Å². The first-order chi connectivity index (χ1) is 12.1. The Morgan fingerprint density at radius 1 is 1.23 bits per heavy atom. The number of carbonyl (C=O) groups excluding carboxylic acids is 1. The molecule has 152 valence electrons. The van der Waals surface area contributed by atoms with Crippen LogP contribution in [-0.4, -0.2) is 93.8 Å². The molecule has 2 aliphatic rings. The summed E-state index contributed by atoms with van der Waals surface area (Å²) in [5.74, 6) is 1.16. The van der Waals surface area contributed by atoms with Crippen LogP contribution in [0, 0.1) is 5.92 Å². The number of nitrogens with one attached hydrogen (secondary N) is 2. The molecule has 1 amide bonds. The molecule has 2 fully saturated rings. The molecular formula is C17H35IN6O2. The maximum absolute atomic E-state index is 11.0. The summed E-state index contributed by atoms with van der Waals surface area (Å²) in [5.41, 5.74) is 5.26. The number of amides is 1. The van der Waals surface area contributed by atoms with E-state index in [2.05, 4.69) is 32.3 Å². The molecule has 0 aliphatic carbocycles. The minimum atomic E-state index is -0.252. The number of rotatable bonds is 7. The Balaban J connectivity index is 0.00000338. The van der Waals surface area contributed by atoms with E-state index in [1.807, 2.05) is 7.05 Å². The van der Waals surface area contributed by atoms with Crippen LogP contribution in [0.15, 0.2) is 4.99 Å². The van der Waals surface area contributed by atoms with E-state index >= 15 is 0 Å². The Bertz CT molecular complexity index is 437. The zero-order chi connectivity index (χ0) is 18.1. The molecule has 0 radical (unpaired) electrons. The molecular weight excluding hydrogens is 447 g/mol. The molecule has 0 aromatic heterocycles. The summed E-state index contributed by atoms with van der Waals surface area (Å²) in [7, 11) is 1.81. The third-order valence-electron chi connectivity index (χ3n) is 4.82. The molecule has 8 nitrogen and oxygen atoms in total. The number of guanidine groups is 1. The summed E-state index contributed by atoms with van der Waals surface area (Å²) in [5, 5.41) is 6.94. The highest BCUT2D eigenvalue weighted by molar-refractivity contribution is 14.0. The number of hydrogen-bond donors (Lipinski definition) is 3. The van der Waals surface area contributed by atoms with Crippen molar-refractivity contribution in [1.29, 1.82) is 0 Å². The van der Waals surface area contributed by atoms with Crippen LogP contribution in [0.3, 0.4) is 0 Å². The number of piperidine rings is 1. The van der Waals surface area contributed by atoms with E-state index in [1.54, 1.807) is 0 Å². The first kappa shape index (κ1) is 23.4. The lowest BCUT2D eigenvalue weighted by molar-refractivity contribution is -0.119. The minimum Gasteiger partial charge on any atom is -0.379 e. The monoisotopic (exact) mass is 482 g/mol. The number of carbonyl (C=O) groups is 1. The predicted molar refractivity (Wildman–Crippen MR) is 115 cm³/mol. The van der Waals surface area contributed by atoms with Gasteiger partial charge in [0.25, 0.3) is 0 Å². The number of primary amides is 1. The number of morpholine rings is 1. The second-order valence-electron chi connectivity index (χ2n) is 7.13. The van der Waals surface area contributed by atoms with Gasteiger partial charge in [-0.25, -0.2) is 0 Å². The average molecular weight is 482 g/mol. The van der Waals surface area contributed by atoms with Crippen molar-refractivity contribution in [2.75, 3.05) is 66.1 Å². The molecule has 0 spiro atoms. The molecule has 2 heterocycles. The van der Waals surface area contributed by atoms with Crippen LogP contribution >= 0.6 is 24.0 Å². The van der Waals surface area contributed by atoms with E-state index < -0.39 is 0 Å². The van der Waals surface area contributed by atoms with Gasteiger partial charge in [0.1, 0.15) is 0 Å². The molecule has 4 N–H and O–H groups in total. The third kappa shape index (κ3) is 8.83. The van der Waals surface area contributed by atoms with E-state index in [-0.39, 0.29) is 29.9 Å². The van der Waals surface area contributed by atoms with Gasteiger partial charge in [0, 0.05) is 52.4 Å². The minimum absolute atomic E-state index is 0. The van der Waals surface area contributed by atoms with Crippen molar-refractivity contribution in [3.63, 3.8) is 0 Å².